The van der Waals surface area contributed by atoms with Crippen molar-refractivity contribution in [1.29, 1.82) is 0 Å². The highest BCUT2D eigenvalue weighted by Gasteiger charge is 2.21. The van der Waals surface area contributed by atoms with Crippen molar-refractivity contribution in [2.75, 3.05) is 11.9 Å². The number of carbonyl (C=O) groups is 2. The second kappa shape index (κ2) is 7.24. The summed E-state index contributed by atoms with van der Waals surface area (Å²) in [7, 11) is 0. The van der Waals surface area contributed by atoms with Crippen LogP contribution in [-0.2, 0) is 4.74 Å². The van der Waals surface area contributed by atoms with E-state index in [1.165, 1.54) is 11.6 Å². The predicted molar refractivity (Wildman–Crippen MR) is 100 cm³/mol. The summed E-state index contributed by atoms with van der Waals surface area (Å²) in [6.45, 7) is 3.67. The molecule has 0 aliphatic rings. The van der Waals surface area contributed by atoms with Crippen molar-refractivity contribution in [3.05, 3.63) is 46.8 Å². The molecule has 4 heterocycles. The number of esters is 1. The lowest BCUT2D eigenvalue weighted by atomic mass is 10.1. The van der Waals surface area contributed by atoms with E-state index in [1.807, 2.05) is 0 Å². The third-order valence-corrected chi connectivity index (χ3v) is 4.60. The first-order valence-electron chi connectivity index (χ1n) is 8.31. The van der Waals surface area contributed by atoms with E-state index in [0.717, 1.165) is 11.3 Å². The van der Waals surface area contributed by atoms with Gasteiger partial charge in [-0.05, 0) is 32.0 Å². The minimum absolute atomic E-state index is 0.138. The molecule has 0 radical (unpaired) electrons. The lowest BCUT2D eigenvalue weighted by Gasteiger charge is -2.05. The van der Waals surface area contributed by atoms with Gasteiger partial charge in [-0.1, -0.05) is 5.16 Å². The Bertz CT molecular complexity index is 1160. The average Bonchev–Trinajstić information content (AvgIpc) is 3.43. The fraction of sp³-hybridized carbons (Fsp3) is 0.167. The first kappa shape index (κ1) is 17.9. The Morgan fingerprint density at radius 1 is 1.32 bits per heavy atom. The number of aromatic nitrogens is 3. The topological polar surface area (TPSA) is 120 Å². The van der Waals surface area contributed by atoms with Crippen molar-refractivity contribution in [3.8, 4) is 11.5 Å². The fourth-order valence-corrected chi connectivity index (χ4v) is 3.29. The average molecular weight is 398 g/mol. The minimum atomic E-state index is -0.541. The number of pyridine rings is 1. The lowest BCUT2D eigenvalue weighted by Crippen LogP contribution is -2.13. The van der Waals surface area contributed by atoms with Gasteiger partial charge < -0.3 is 13.7 Å². The van der Waals surface area contributed by atoms with Crippen LogP contribution in [0.15, 0.2) is 38.8 Å². The smallest absolute Gasteiger partial charge is 0.357 e. The van der Waals surface area contributed by atoms with Crippen LogP contribution in [0.1, 0.15) is 33.5 Å². The highest BCUT2D eigenvalue weighted by Crippen LogP contribution is 2.28. The second-order valence-corrected chi connectivity index (χ2v) is 6.55. The SMILES string of the molecule is CCOC(=O)c1csc(NC(=O)c2cc(-c3ccco3)nc3onc(C)c23)n1. The van der Waals surface area contributed by atoms with Gasteiger partial charge in [-0.25, -0.2) is 14.8 Å². The summed E-state index contributed by atoms with van der Waals surface area (Å²) < 4.78 is 15.5. The van der Waals surface area contributed by atoms with E-state index < -0.39 is 11.9 Å². The number of amides is 1. The molecule has 1 N–H and O–H groups in total. The molecule has 0 spiro atoms. The molecule has 0 saturated heterocycles. The molecule has 4 aromatic rings. The maximum absolute atomic E-state index is 12.9. The van der Waals surface area contributed by atoms with E-state index >= 15 is 0 Å². The van der Waals surface area contributed by atoms with Gasteiger partial charge in [-0.2, -0.15) is 0 Å². The molecule has 0 saturated carbocycles. The number of thiazole rings is 1. The Morgan fingerprint density at radius 2 is 2.18 bits per heavy atom. The number of carbonyl (C=O) groups excluding carboxylic acids is 2. The van der Waals surface area contributed by atoms with Crippen molar-refractivity contribution >= 4 is 39.4 Å². The van der Waals surface area contributed by atoms with E-state index in [4.69, 9.17) is 13.7 Å². The minimum Gasteiger partial charge on any atom is -0.463 e. The third kappa shape index (κ3) is 3.25. The summed E-state index contributed by atoms with van der Waals surface area (Å²) in [5.74, 6) is -0.486. The first-order valence-corrected chi connectivity index (χ1v) is 9.19. The maximum atomic E-state index is 12.9. The van der Waals surface area contributed by atoms with Crippen LogP contribution in [0.3, 0.4) is 0 Å². The van der Waals surface area contributed by atoms with Gasteiger partial charge in [0.25, 0.3) is 11.6 Å². The number of aryl methyl sites for hydroxylation is 1. The number of rotatable bonds is 5. The molecule has 0 atom stereocenters. The predicted octanol–water partition coefficient (Wildman–Crippen LogP) is 3.68. The van der Waals surface area contributed by atoms with Crippen LogP contribution in [0.2, 0.25) is 0 Å². The van der Waals surface area contributed by atoms with Gasteiger partial charge in [0, 0.05) is 5.38 Å². The Kier molecular flexibility index (Phi) is 4.62. The molecule has 4 rings (SSSR count). The van der Waals surface area contributed by atoms with Crippen LogP contribution in [0.25, 0.3) is 22.6 Å². The summed E-state index contributed by atoms with van der Waals surface area (Å²) in [5, 5.41) is 8.87. The third-order valence-electron chi connectivity index (χ3n) is 3.84. The zero-order valence-corrected chi connectivity index (χ0v) is 15.7. The summed E-state index contributed by atoms with van der Waals surface area (Å²) in [4.78, 5) is 33.1. The van der Waals surface area contributed by atoms with Crippen LogP contribution in [0, 0.1) is 6.92 Å². The molecule has 0 unspecified atom stereocenters. The highest BCUT2D eigenvalue weighted by atomic mass is 32.1. The van der Waals surface area contributed by atoms with Crippen LogP contribution in [-0.4, -0.2) is 33.6 Å². The van der Waals surface area contributed by atoms with Crippen LogP contribution >= 0.6 is 11.3 Å². The Hall–Kier alpha value is -3.53. The van der Waals surface area contributed by atoms with Crippen molar-refractivity contribution in [1.82, 2.24) is 15.1 Å². The largest absolute Gasteiger partial charge is 0.463 e. The molecule has 10 heteroatoms. The number of hydrogen-bond donors (Lipinski definition) is 1. The molecule has 0 aromatic carbocycles. The maximum Gasteiger partial charge on any atom is 0.357 e. The number of fused-ring (bicyclic) bond motifs is 1. The Labute approximate surface area is 162 Å². The molecule has 142 valence electrons. The molecule has 1 amide bonds. The van der Waals surface area contributed by atoms with Gasteiger partial charge in [-0.3, -0.25) is 10.1 Å². The van der Waals surface area contributed by atoms with Gasteiger partial charge in [0.05, 0.1) is 29.5 Å². The molecule has 9 nitrogen and oxygen atoms in total. The van der Waals surface area contributed by atoms with Crippen molar-refractivity contribution < 1.29 is 23.3 Å². The quantitative estimate of drug-likeness (QED) is 0.506. The van der Waals surface area contributed by atoms with E-state index in [2.05, 4.69) is 20.4 Å². The molecule has 0 aliphatic heterocycles. The van der Waals surface area contributed by atoms with E-state index in [-0.39, 0.29) is 23.1 Å². The summed E-state index contributed by atoms with van der Waals surface area (Å²) >= 11 is 1.12. The number of nitrogens with one attached hydrogen (secondary N) is 1. The molecular weight excluding hydrogens is 384 g/mol. The van der Waals surface area contributed by atoms with Gasteiger partial charge in [0.15, 0.2) is 16.6 Å². The van der Waals surface area contributed by atoms with Crippen molar-refractivity contribution in [2.45, 2.75) is 13.8 Å². The number of ether oxygens (including phenoxy) is 1. The number of hydrogen-bond acceptors (Lipinski definition) is 9. The molecule has 4 aromatic heterocycles. The number of nitrogens with zero attached hydrogens (tertiary/aromatic N) is 3. The van der Waals surface area contributed by atoms with E-state index in [1.54, 1.807) is 32.0 Å². The van der Waals surface area contributed by atoms with Gasteiger partial charge in [0.1, 0.15) is 5.69 Å². The fourth-order valence-electron chi connectivity index (χ4n) is 2.62. The zero-order valence-electron chi connectivity index (χ0n) is 14.9. The van der Waals surface area contributed by atoms with E-state index in [9.17, 15) is 9.59 Å². The molecule has 0 bridgehead atoms. The summed E-state index contributed by atoms with van der Waals surface area (Å²) in [6.07, 6.45) is 1.51. The summed E-state index contributed by atoms with van der Waals surface area (Å²) in [6, 6.07) is 5.05. The Balaban J connectivity index is 1.69. The van der Waals surface area contributed by atoms with Gasteiger partial charge in [-0.15, -0.1) is 11.3 Å². The number of furan rings is 1. The van der Waals surface area contributed by atoms with Crippen LogP contribution in [0.4, 0.5) is 5.13 Å². The Morgan fingerprint density at radius 3 is 2.93 bits per heavy atom. The molecule has 0 aliphatic carbocycles. The molecular formula is C18H14N4O5S. The van der Waals surface area contributed by atoms with Crippen molar-refractivity contribution in [2.24, 2.45) is 0 Å². The molecule has 0 fully saturated rings. The van der Waals surface area contributed by atoms with Crippen LogP contribution < -0.4 is 5.32 Å². The van der Waals surface area contributed by atoms with E-state index in [0.29, 0.717) is 28.1 Å². The standard InChI is InChI=1S/C18H14N4O5S/c1-3-25-17(24)12-8-28-18(20-12)21-15(23)10-7-11(13-5-4-6-26-13)19-16-14(10)9(2)22-27-16/h4-8H,3H2,1-2H3,(H,20,21,23). The monoisotopic (exact) mass is 398 g/mol. The lowest BCUT2D eigenvalue weighted by molar-refractivity contribution is 0.0520. The normalized spacial score (nSPS) is 10.9. The van der Waals surface area contributed by atoms with Crippen molar-refractivity contribution in [3.63, 3.8) is 0 Å². The summed E-state index contributed by atoms with van der Waals surface area (Å²) in [5.41, 5.74) is 1.64. The highest BCUT2D eigenvalue weighted by molar-refractivity contribution is 7.14. The molecule has 28 heavy (non-hydrogen) atoms. The zero-order chi connectivity index (χ0) is 19.7. The van der Waals surface area contributed by atoms with Gasteiger partial charge in [0.2, 0.25) is 0 Å². The van der Waals surface area contributed by atoms with Gasteiger partial charge >= 0.3 is 5.97 Å². The second-order valence-electron chi connectivity index (χ2n) is 5.69. The van der Waals surface area contributed by atoms with Crippen LogP contribution in [0.5, 0.6) is 0 Å². The first-order chi connectivity index (χ1) is 13.6. The number of anilines is 1.